The van der Waals surface area contributed by atoms with Gasteiger partial charge in [0.15, 0.2) is 5.69 Å². The van der Waals surface area contributed by atoms with Gasteiger partial charge >= 0.3 is 0 Å². The van der Waals surface area contributed by atoms with Crippen molar-refractivity contribution in [3.8, 4) is 67.3 Å². The summed E-state index contributed by atoms with van der Waals surface area (Å²) in [6.07, 6.45) is 1.40. The molecule has 0 unspecified atom stereocenters. The summed E-state index contributed by atoms with van der Waals surface area (Å²) in [5.41, 5.74) is 24.7. The van der Waals surface area contributed by atoms with Gasteiger partial charge < -0.3 is 29.9 Å². The van der Waals surface area contributed by atoms with Crippen LogP contribution in [0.5, 0.6) is 11.6 Å². The standard InChI is InChI=1S/C18H19NO.2C17H20O.C16H18O.C15H18N2O2/c1-12(2)14-6-8-15(9-7-14)16-11-18(20-5)13(3)10-17(16)19-4;2*1-12(2)14-5-7-15(8-6-14)17-9-4-13(3)10-16(17)11-18;1-12(2)13-7-9-14(10-8-13)16-6-4-3-5-15(16)11-17;1-10(2)11-4-6-12(7-5-11)14-13(8-18)16-9-17-15(14)19-3/h6-12H,1-3,5H3;2*4-10,12,18H,11H2,1-3H3;3-10,12,17H,11H2,1-2H3;4-7,9-10,18H,8H2,1-3H3. The maximum absolute atomic E-state index is 9.45. The van der Waals surface area contributed by atoms with Crippen LogP contribution in [0, 0.1) is 27.3 Å². The van der Waals surface area contributed by atoms with Crippen LogP contribution in [-0.4, -0.2) is 44.6 Å². The minimum Gasteiger partial charge on any atom is -0.497 e. The predicted molar refractivity (Wildman–Crippen MR) is 383 cm³/mol. The van der Waals surface area contributed by atoms with Gasteiger partial charge in [-0.3, -0.25) is 0 Å². The molecule has 0 bridgehead atoms. The largest absolute Gasteiger partial charge is 0.497 e. The molecule has 478 valence electrons. The molecule has 0 spiro atoms. The van der Waals surface area contributed by atoms with E-state index in [0.29, 0.717) is 46.9 Å². The lowest BCUT2D eigenvalue weighted by molar-refractivity contribution is 0.276. The van der Waals surface area contributed by atoms with Crippen molar-refractivity contribution in [1.29, 1.82) is 0 Å². The Morgan fingerprint density at radius 1 is 0.380 bits per heavy atom. The van der Waals surface area contributed by atoms with Crippen LogP contribution in [0.4, 0.5) is 5.69 Å². The van der Waals surface area contributed by atoms with Gasteiger partial charge in [-0.1, -0.05) is 262 Å². The van der Waals surface area contributed by atoms with Gasteiger partial charge in [-0.2, -0.15) is 0 Å². The molecule has 9 aromatic carbocycles. The van der Waals surface area contributed by atoms with Gasteiger partial charge in [0.1, 0.15) is 12.1 Å². The normalized spacial score (nSPS) is 10.8. The molecule has 4 N–H and O–H groups in total. The third-order valence-corrected chi connectivity index (χ3v) is 16.3. The number of nitrogens with zero attached hydrogens (tertiary/aromatic N) is 3. The zero-order valence-electron chi connectivity index (χ0n) is 56.7. The lowest BCUT2D eigenvalue weighted by Gasteiger charge is -2.12. The van der Waals surface area contributed by atoms with Crippen LogP contribution in [0.25, 0.3) is 60.5 Å². The molecule has 0 aliphatic rings. The molecule has 10 rings (SSSR count). The lowest BCUT2D eigenvalue weighted by Crippen LogP contribution is -2.00. The van der Waals surface area contributed by atoms with Gasteiger partial charge in [-0.15, -0.1) is 0 Å². The van der Waals surface area contributed by atoms with Crippen LogP contribution in [0.2, 0.25) is 0 Å². The Bertz CT molecular complexity index is 3810. The molecule has 9 nitrogen and oxygen atoms in total. The summed E-state index contributed by atoms with van der Waals surface area (Å²) in [6.45, 7) is 35.3. The Kier molecular flexibility index (Phi) is 27.8. The van der Waals surface area contributed by atoms with Crippen molar-refractivity contribution in [2.45, 2.75) is 146 Å². The first-order valence-electron chi connectivity index (χ1n) is 31.8. The quantitative estimate of drug-likeness (QED) is 0.0704. The Balaban J connectivity index is 0.000000183. The van der Waals surface area contributed by atoms with Gasteiger partial charge in [-0.25, -0.2) is 14.8 Å². The molecule has 10 aromatic rings. The smallest absolute Gasteiger partial charge is 0.224 e. The molecule has 1 aromatic heterocycles. The summed E-state index contributed by atoms with van der Waals surface area (Å²) < 4.78 is 10.6. The van der Waals surface area contributed by atoms with E-state index >= 15 is 0 Å². The maximum atomic E-state index is 9.45. The van der Waals surface area contributed by atoms with Crippen LogP contribution >= 0.6 is 0 Å². The van der Waals surface area contributed by atoms with E-state index in [-0.39, 0.29) is 26.4 Å². The van der Waals surface area contributed by atoms with E-state index in [2.05, 4.69) is 224 Å². The SMILES string of the molecule is CC(C)c1ccc(-c2ccccc2CO)cc1.COc1ncnc(CO)c1-c1ccc(C(C)C)cc1.Cc1ccc(-c2ccc(C(C)C)cc2)c(CO)c1.Cc1ccc(-c2ccc(C(C)C)cc2)c(CO)c1.[C-]#[N+]c1cc(C)c(OC)cc1-c1ccc(C(C)C)cc1. The van der Waals surface area contributed by atoms with E-state index in [1.165, 1.54) is 62.0 Å². The molecule has 9 heteroatoms. The second-order valence-electron chi connectivity index (χ2n) is 24.6. The third-order valence-electron chi connectivity index (χ3n) is 16.3. The fourth-order valence-electron chi connectivity index (χ4n) is 10.6. The first kappa shape index (κ1) is 72.1. The molecular weight excluding hydrogens is 1130 g/mol. The highest BCUT2D eigenvalue weighted by molar-refractivity contribution is 5.81. The second-order valence-corrected chi connectivity index (χ2v) is 24.6. The molecule has 0 aliphatic heterocycles. The van der Waals surface area contributed by atoms with Crippen molar-refractivity contribution in [3.05, 3.63) is 279 Å². The fourth-order valence-corrected chi connectivity index (χ4v) is 10.6. The summed E-state index contributed by atoms with van der Waals surface area (Å²) in [5.74, 6) is 3.95. The van der Waals surface area contributed by atoms with Crippen LogP contribution in [-0.2, 0) is 26.4 Å². The fraction of sp³-hybridized carbons (Fsp3) is 0.289. The number of benzene rings is 9. The highest BCUT2D eigenvalue weighted by atomic mass is 16.5. The van der Waals surface area contributed by atoms with Crippen molar-refractivity contribution >= 4 is 5.69 Å². The molecule has 0 radical (unpaired) electrons. The minimum absolute atomic E-state index is 0.0854. The number of aliphatic hydroxyl groups is 4. The minimum atomic E-state index is -0.139. The zero-order valence-corrected chi connectivity index (χ0v) is 56.7. The van der Waals surface area contributed by atoms with E-state index in [4.69, 9.17) is 16.0 Å². The molecule has 0 amide bonds. The number of ether oxygens (including phenoxy) is 2. The molecular formula is C83H95N3O6. The van der Waals surface area contributed by atoms with E-state index < -0.39 is 0 Å². The molecule has 0 fully saturated rings. The van der Waals surface area contributed by atoms with Crippen molar-refractivity contribution in [2.75, 3.05) is 14.2 Å². The first-order valence-corrected chi connectivity index (χ1v) is 31.8. The summed E-state index contributed by atoms with van der Waals surface area (Å²) >= 11 is 0. The Morgan fingerprint density at radius 3 is 1.08 bits per heavy atom. The van der Waals surface area contributed by atoms with Crippen molar-refractivity contribution in [3.63, 3.8) is 0 Å². The van der Waals surface area contributed by atoms with E-state index in [9.17, 15) is 20.4 Å². The molecule has 1 heterocycles. The van der Waals surface area contributed by atoms with E-state index in [0.717, 1.165) is 66.9 Å². The number of hydrogen-bond acceptors (Lipinski definition) is 8. The lowest BCUT2D eigenvalue weighted by atomic mass is 9.95. The highest BCUT2D eigenvalue weighted by Gasteiger charge is 2.16. The van der Waals surface area contributed by atoms with Gasteiger partial charge in [-0.05, 0) is 163 Å². The predicted octanol–water partition coefficient (Wildman–Crippen LogP) is 20.6. The summed E-state index contributed by atoms with van der Waals surface area (Å²) in [4.78, 5) is 11.8. The molecule has 0 saturated carbocycles. The number of rotatable bonds is 16. The monoisotopic (exact) mass is 1230 g/mol. The summed E-state index contributed by atoms with van der Waals surface area (Å²) in [5, 5.41) is 37.6. The number of hydrogen-bond donors (Lipinski definition) is 4. The summed E-state index contributed by atoms with van der Waals surface area (Å²) in [6, 6.07) is 66.6. The van der Waals surface area contributed by atoms with E-state index in [1.807, 2.05) is 75.4 Å². The van der Waals surface area contributed by atoms with Crippen LogP contribution in [0.3, 0.4) is 0 Å². The maximum Gasteiger partial charge on any atom is 0.224 e. The van der Waals surface area contributed by atoms with Gasteiger partial charge in [0.25, 0.3) is 0 Å². The average Bonchev–Trinajstić information content (AvgIpc) is 0.884. The number of methoxy groups -OCH3 is 2. The summed E-state index contributed by atoms with van der Waals surface area (Å²) in [7, 11) is 3.22. The average molecular weight is 1230 g/mol. The van der Waals surface area contributed by atoms with Gasteiger partial charge in [0.2, 0.25) is 5.88 Å². The topological polar surface area (TPSA) is 130 Å². The molecule has 0 aliphatic carbocycles. The number of aliphatic hydroxyl groups excluding tert-OH is 4. The van der Waals surface area contributed by atoms with Crippen LogP contribution in [0.1, 0.15) is 166 Å². The van der Waals surface area contributed by atoms with Gasteiger partial charge in [0.05, 0.1) is 58.5 Å². The Hall–Kier alpha value is -9.01. The van der Waals surface area contributed by atoms with Crippen molar-refractivity contribution in [2.24, 2.45) is 0 Å². The molecule has 0 atom stereocenters. The van der Waals surface area contributed by atoms with E-state index in [1.54, 1.807) is 14.2 Å². The third kappa shape index (κ3) is 19.7. The van der Waals surface area contributed by atoms with Crippen LogP contribution < -0.4 is 9.47 Å². The van der Waals surface area contributed by atoms with Crippen molar-refractivity contribution < 1.29 is 29.9 Å². The number of aromatic nitrogens is 2. The zero-order chi connectivity index (χ0) is 67.0. The van der Waals surface area contributed by atoms with Gasteiger partial charge in [0, 0.05) is 0 Å². The van der Waals surface area contributed by atoms with Crippen molar-refractivity contribution in [1.82, 2.24) is 9.97 Å². The molecule has 92 heavy (non-hydrogen) atoms. The molecule has 0 saturated heterocycles. The second kappa shape index (κ2) is 35.6. The Morgan fingerprint density at radius 2 is 0.739 bits per heavy atom. The Labute approximate surface area is 549 Å². The number of aryl methyl sites for hydroxylation is 3. The first-order chi connectivity index (χ1) is 44.2. The highest BCUT2D eigenvalue weighted by Crippen LogP contribution is 2.38. The van der Waals surface area contributed by atoms with Crippen LogP contribution in [0.15, 0.2) is 200 Å².